The van der Waals surface area contributed by atoms with Crippen LogP contribution in [0.3, 0.4) is 0 Å². The first-order chi connectivity index (χ1) is 6.35. The number of carbonyl (C=O) groups excluding carboxylic acids is 1. The van der Waals surface area contributed by atoms with Gasteiger partial charge in [-0.3, -0.25) is 0 Å². The van der Waals surface area contributed by atoms with E-state index in [1.807, 2.05) is 12.3 Å². The SMILES string of the molecule is C[C@H](CSC#N)NC(=O)OC(C)(C)C. The summed E-state index contributed by atoms with van der Waals surface area (Å²) in [6.45, 7) is 7.25. The van der Waals surface area contributed by atoms with E-state index in [1.54, 1.807) is 20.8 Å². The molecule has 5 heteroatoms. The van der Waals surface area contributed by atoms with Crippen molar-refractivity contribution >= 4 is 17.9 Å². The summed E-state index contributed by atoms with van der Waals surface area (Å²) in [4.78, 5) is 11.2. The Kier molecular flexibility index (Phi) is 5.39. The number of rotatable bonds is 3. The van der Waals surface area contributed by atoms with E-state index in [0.29, 0.717) is 5.75 Å². The molecular weight excluding hydrogens is 200 g/mol. The van der Waals surface area contributed by atoms with Crippen LogP contribution in [0, 0.1) is 10.7 Å². The van der Waals surface area contributed by atoms with Crippen LogP contribution in [0.2, 0.25) is 0 Å². The number of nitrogens with zero attached hydrogens (tertiary/aromatic N) is 1. The van der Waals surface area contributed by atoms with Crippen molar-refractivity contribution in [1.82, 2.24) is 5.32 Å². The number of ether oxygens (including phenoxy) is 1. The molecule has 1 N–H and O–H groups in total. The zero-order chi connectivity index (χ0) is 11.2. The van der Waals surface area contributed by atoms with Crippen molar-refractivity contribution in [2.75, 3.05) is 5.75 Å². The van der Waals surface area contributed by atoms with Crippen molar-refractivity contribution in [3.8, 4) is 5.40 Å². The average molecular weight is 216 g/mol. The van der Waals surface area contributed by atoms with Crippen LogP contribution in [0.15, 0.2) is 0 Å². The number of alkyl carbamates (subject to hydrolysis) is 1. The number of nitrogens with one attached hydrogen (secondary N) is 1. The maximum atomic E-state index is 11.2. The zero-order valence-corrected chi connectivity index (χ0v) is 9.77. The molecular formula is C9H16N2O2S. The van der Waals surface area contributed by atoms with Gasteiger partial charge in [0.15, 0.2) is 0 Å². The van der Waals surface area contributed by atoms with Crippen LogP contribution in [0.5, 0.6) is 0 Å². The molecule has 14 heavy (non-hydrogen) atoms. The molecule has 0 rings (SSSR count). The van der Waals surface area contributed by atoms with Gasteiger partial charge in [0.05, 0.1) is 0 Å². The van der Waals surface area contributed by atoms with E-state index in [-0.39, 0.29) is 6.04 Å². The van der Waals surface area contributed by atoms with Gasteiger partial charge in [-0.1, -0.05) is 0 Å². The lowest BCUT2D eigenvalue weighted by Gasteiger charge is -2.21. The summed E-state index contributed by atoms with van der Waals surface area (Å²) in [5, 5.41) is 12.9. The molecule has 0 fully saturated rings. The van der Waals surface area contributed by atoms with Crippen molar-refractivity contribution in [2.45, 2.75) is 39.3 Å². The molecule has 0 radical (unpaired) electrons. The summed E-state index contributed by atoms with van der Waals surface area (Å²) in [6, 6.07) is -0.0606. The highest BCUT2D eigenvalue weighted by molar-refractivity contribution is 8.03. The first-order valence-corrected chi connectivity index (χ1v) is 5.34. The highest BCUT2D eigenvalue weighted by Crippen LogP contribution is 2.07. The molecule has 1 atom stereocenters. The minimum atomic E-state index is -0.480. The molecule has 0 spiro atoms. The lowest BCUT2D eigenvalue weighted by Crippen LogP contribution is -2.38. The van der Waals surface area contributed by atoms with Gasteiger partial charge in [0.1, 0.15) is 11.0 Å². The first-order valence-electron chi connectivity index (χ1n) is 4.35. The number of hydrogen-bond donors (Lipinski definition) is 1. The predicted molar refractivity (Wildman–Crippen MR) is 56.9 cm³/mol. The van der Waals surface area contributed by atoms with Crippen LogP contribution in [0.25, 0.3) is 0 Å². The fraction of sp³-hybridized carbons (Fsp3) is 0.778. The summed E-state index contributed by atoms with van der Waals surface area (Å²) in [6.07, 6.45) is -0.441. The fourth-order valence-electron chi connectivity index (χ4n) is 0.713. The molecule has 80 valence electrons. The third-order valence-corrected chi connectivity index (χ3v) is 1.96. The van der Waals surface area contributed by atoms with Crippen molar-refractivity contribution in [1.29, 1.82) is 5.26 Å². The minimum absolute atomic E-state index is 0.0606. The molecule has 4 nitrogen and oxygen atoms in total. The van der Waals surface area contributed by atoms with Crippen LogP contribution in [-0.2, 0) is 4.74 Å². The van der Waals surface area contributed by atoms with Crippen molar-refractivity contribution in [3.05, 3.63) is 0 Å². The van der Waals surface area contributed by atoms with Gasteiger partial charge in [-0.25, -0.2) is 4.79 Å². The Bertz CT molecular complexity index is 230. The molecule has 0 aromatic heterocycles. The second-order valence-corrected chi connectivity index (χ2v) is 4.75. The van der Waals surface area contributed by atoms with Gasteiger partial charge in [-0.2, -0.15) is 5.26 Å². The Balaban J connectivity index is 3.78. The second-order valence-electron chi connectivity index (χ2n) is 3.95. The zero-order valence-electron chi connectivity index (χ0n) is 8.96. The van der Waals surface area contributed by atoms with E-state index in [1.165, 1.54) is 0 Å². The van der Waals surface area contributed by atoms with Gasteiger partial charge in [-0.15, -0.1) is 0 Å². The van der Waals surface area contributed by atoms with Crippen molar-refractivity contribution in [2.24, 2.45) is 0 Å². The van der Waals surface area contributed by atoms with Crippen LogP contribution < -0.4 is 5.32 Å². The summed E-state index contributed by atoms with van der Waals surface area (Å²) in [7, 11) is 0. The van der Waals surface area contributed by atoms with Crippen molar-refractivity contribution in [3.63, 3.8) is 0 Å². The Morgan fingerprint density at radius 3 is 2.64 bits per heavy atom. The molecule has 1 amide bonds. The quantitative estimate of drug-likeness (QED) is 0.734. The number of carbonyl (C=O) groups is 1. The number of hydrogen-bond acceptors (Lipinski definition) is 4. The molecule has 0 aromatic rings. The van der Waals surface area contributed by atoms with Gasteiger partial charge in [0, 0.05) is 11.8 Å². The summed E-state index contributed by atoms with van der Waals surface area (Å²) >= 11 is 1.11. The number of thiocyanates is 1. The monoisotopic (exact) mass is 216 g/mol. The molecule has 0 aliphatic carbocycles. The molecule has 0 bridgehead atoms. The summed E-state index contributed by atoms with van der Waals surface area (Å²) < 4.78 is 5.05. The fourth-order valence-corrected chi connectivity index (χ4v) is 1.12. The molecule has 0 heterocycles. The molecule has 0 unspecified atom stereocenters. The van der Waals surface area contributed by atoms with E-state index in [0.717, 1.165) is 11.8 Å². The normalized spacial score (nSPS) is 12.8. The Morgan fingerprint density at radius 2 is 2.21 bits per heavy atom. The van der Waals surface area contributed by atoms with Gasteiger partial charge in [-0.05, 0) is 39.5 Å². The lowest BCUT2D eigenvalue weighted by molar-refractivity contribution is 0.0513. The van der Waals surface area contributed by atoms with E-state index in [4.69, 9.17) is 10.00 Å². The average Bonchev–Trinajstić information content (AvgIpc) is 1.96. The third-order valence-electron chi connectivity index (χ3n) is 1.16. The van der Waals surface area contributed by atoms with Crippen LogP contribution in [0.4, 0.5) is 4.79 Å². The summed E-state index contributed by atoms with van der Waals surface area (Å²) in [5.74, 6) is 0.565. The van der Waals surface area contributed by atoms with Gasteiger partial charge in [0.25, 0.3) is 0 Å². The minimum Gasteiger partial charge on any atom is -0.444 e. The highest BCUT2D eigenvalue weighted by Gasteiger charge is 2.17. The predicted octanol–water partition coefficient (Wildman–Crippen LogP) is 2.11. The molecule has 0 saturated heterocycles. The molecule has 0 aliphatic heterocycles. The Labute approximate surface area is 89.0 Å². The van der Waals surface area contributed by atoms with Crippen LogP contribution in [0.1, 0.15) is 27.7 Å². The van der Waals surface area contributed by atoms with E-state index in [2.05, 4.69) is 5.32 Å². The number of amides is 1. The number of thioether (sulfide) groups is 1. The molecule has 0 saturated carbocycles. The largest absolute Gasteiger partial charge is 0.444 e. The Hall–Kier alpha value is -0.890. The maximum absolute atomic E-state index is 11.2. The van der Waals surface area contributed by atoms with Gasteiger partial charge in [0.2, 0.25) is 0 Å². The first kappa shape index (κ1) is 13.1. The summed E-state index contributed by atoms with van der Waals surface area (Å²) in [5.41, 5.74) is -0.480. The van der Waals surface area contributed by atoms with E-state index in [9.17, 15) is 4.79 Å². The standard InChI is InChI=1S/C9H16N2O2S/c1-7(5-14-6-10)11-8(12)13-9(2,3)4/h7H,5H2,1-4H3,(H,11,12)/t7-/m1/s1. The maximum Gasteiger partial charge on any atom is 0.407 e. The van der Waals surface area contributed by atoms with Gasteiger partial charge >= 0.3 is 6.09 Å². The second kappa shape index (κ2) is 5.76. The third kappa shape index (κ3) is 7.74. The van der Waals surface area contributed by atoms with Gasteiger partial charge < -0.3 is 10.1 Å². The lowest BCUT2D eigenvalue weighted by atomic mass is 10.2. The topological polar surface area (TPSA) is 62.1 Å². The Morgan fingerprint density at radius 1 is 1.64 bits per heavy atom. The molecule has 0 aliphatic rings. The van der Waals surface area contributed by atoms with E-state index < -0.39 is 11.7 Å². The van der Waals surface area contributed by atoms with E-state index >= 15 is 0 Å². The van der Waals surface area contributed by atoms with Crippen molar-refractivity contribution < 1.29 is 9.53 Å². The van der Waals surface area contributed by atoms with Crippen LogP contribution >= 0.6 is 11.8 Å². The molecule has 0 aromatic carbocycles. The highest BCUT2D eigenvalue weighted by atomic mass is 32.2. The smallest absolute Gasteiger partial charge is 0.407 e. The number of nitriles is 1. The van der Waals surface area contributed by atoms with Crippen LogP contribution in [-0.4, -0.2) is 23.5 Å².